The van der Waals surface area contributed by atoms with Gasteiger partial charge in [-0.25, -0.2) is 4.39 Å². The normalized spacial score (nSPS) is 12.8. The fourth-order valence-electron chi connectivity index (χ4n) is 1.17. The van der Waals surface area contributed by atoms with E-state index in [9.17, 15) is 4.39 Å². The van der Waals surface area contributed by atoms with Gasteiger partial charge in [0.2, 0.25) is 0 Å². The van der Waals surface area contributed by atoms with Gasteiger partial charge in [-0.05, 0) is 34.7 Å². The van der Waals surface area contributed by atoms with Crippen molar-refractivity contribution in [3.63, 3.8) is 0 Å². The van der Waals surface area contributed by atoms with Crippen LogP contribution in [0.25, 0.3) is 0 Å². The average Bonchev–Trinajstić information content (AvgIpc) is 2.25. The molecule has 0 aliphatic carbocycles. The van der Waals surface area contributed by atoms with Crippen LogP contribution in [0.1, 0.15) is 5.56 Å². The minimum Gasteiger partial charge on any atom is -0.395 e. The quantitative estimate of drug-likeness (QED) is 0.353. The monoisotopic (exact) mass is 356 g/mol. The molecule has 0 fully saturated rings. The molecule has 90 valence electrons. The second kappa shape index (κ2) is 7.44. The fraction of sp³-hybridized carbons (Fsp3) is 0.400. The van der Waals surface area contributed by atoms with Crippen LogP contribution >= 0.6 is 35.2 Å². The highest BCUT2D eigenvalue weighted by atomic mass is 127. The predicted molar refractivity (Wildman–Crippen MR) is 73.8 cm³/mol. The van der Waals surface area contributed by atoms with E-state index in [2.05, 4.69) is 45.9 Å². The molecular weight excluding hydrogens is 342 g/mol. The Bertz CT molecular complexity index is 320. The molecule has 1 atom stereocenters. The molecule has 0 aromatic heterocycles. The molecule has 0 spiro atoms. The molecule has 0 unspecified atom stereocenters. The lowest BCUT2D eigenvalue weighted by molar-refractivity contribution is 0.288. The first-order valence-corrected chi connectivity index (χ1v) is 6.43. The number of nitrogens with one attached hydrogen (secondary N) is 2. The molecule has 0 bridgehead atoms. The van der Waals surface area contributed by atoms with E-state index in [1.54, 1.807) is 6.07 Å². The van der Waals surface area contributed by atoms with Crippen LogP contribution in [-0.2, 0) is 6.54 Å². The number of hydrogen-bond donors (Lipinski definition) is 4. The van der Waals surface area contributed by atoms with Gasteiger partial charge in [0.1, 0.15) is 11.3 Å². The number of aliphatic hydroxyl groups excluding tert-OH is 1. The molecule has 0 amide bonds. The Hall–Kier alpha value is 0.110. The zero-order valence-corrected chi connectivity index (χ0v) is 11.6. The van der Waals surface area contributed by atoms with E-state index >= 15 is 0 Å². The molecule has 16 heavy (non-hydrogen) atoms. The molecule has 6 heteroatoms. The Morgan fingerprint density at radius 3 is 2.81 bits per heavy atom. The van der Waals surface area contributed by atoms with Crippen molar-refractivity contribution < 1.29 is 9.50 Å². The summed E-state index contributed by atoms with van der Waals surface area (Å²) >= 11 is 6.30. The number of halogens is 2. The highest BCUT2D eigenvalue weighted by Gasteiger charge is 2.07. The molecule has 1 aromatic carbocycles. The van der Waals surface area contributed by atoms with E-state index < -0.39 is 0 Å². The first-order chi connectivity index (χ1) is 7.65. The predicted octanol–water partition coefficient (Wildman–Crippen LogP) is 1.32. The zero-order valence-electron chi connectivity index (χ0n) is 8.58. The first kappa shape index (κ1) is 14.2. The molecule has 1 rings (SSSR count). The minimum absolute atomic E-state index is 0.0516. The van der Waals surface area contributed by atoms with Crippen LogP contribution in [0.15, 0.2) is 18.2 Å². The van der Waals surface area contributed by atoms with Gasteiger partial charge in [0.15, 0.2) is 0 Å². The summed E-state index contributed by atoms with van der Waals surface area (Å²) in [5, 5.41) is 14.5. The standard InChI is InChI=1S/C10H14FIN2OS/c11-8-2-1-3-9(12)7(8)6-14-10(16)13-4-5-15/h1-3,10,13-16H,4-6H2/t10-/m1/s1. The largest absolute Gasteiger partial charge is 0.395 e. The Morgan fingerprint density at radius 1 is 1.44 bits per heavy atom. The lowest BCUT2D eigenvalue weighted by Gasteiger charge is -2.15. The van der Waals surface area contributed by atoms with Crippen molar-refractivity contribution in [2.24, 2.45) is 0 Å². The number of rotatable bonds is 6. The summed E-state index contributed by atoms with van der Waals surface area (Å²) in [5.74, 6) is -0.220. The highest BCUT2D eigenvalue weighted by molar-refractivity contribution is 14.1. The van der Waals surface area contributed by atoms with Crippen LogP contribution in [0.2, 0.25) is 0 Å². The van der Waals surface area contributed by atoms with Gasteiger partial charge in [-0.2, -0.15) is 0 Å². The summed E-state index contributed by atoms with van der Waals surface area (Å²) in [6, 6.07) is 4.98. The zero-order chi connectivity index (χ0) is 12.0. The van der Waals surface area contributed by atoms with E-state index in [1.807, 2.05) is 6.07 Å². The second-order valence-corrected chi connectivity index (χ2v) is 4.84. The van der Waals surface area contributed by atoms with Crippen LogP contribution in [-0.4, -0.2) is 23.8 Å². The summed E-state index contributed by atoms with van der Waals surface area (Å²) in [7, 11) is 0. The molecule has 0 saturated heterocycles. The maximum absolute atomic E-state index is 13.4. The van der Waals surface area contributed by atoms with Crippen molar-refractivity contribution in [2.45, 2.75) is 12.0 Å². The Morgan fingerprint density at radius 2 is 2.19 bits per heavy atom. The first-order valence-electron chi connectivity index (χ1n) is 4.83. The third-order valence-corrected chi connectivity index (χ3v) is 3.36. The Kier molecular flexibility index (Phi) is 6.59. The van der Waals surface area contributed by atoms with Gasteiger partial charge in [0, 0.05) is 22.2 Å². The van der Waals surface area contributed by atoms with Gasteiger partial charge < -0.3 is 5.11 Å². The van der Waals surface area contributed by atoms with E-state index in [0.717, 1.165) is 3.57 Å². The van der Waals surface area contributed by atoms with Gasteiger partial charge in [0.05, 0.1) is 6.61 Å². The highest BCUT2D eigenvalue weighted by Crippen LogP contribution is 2.15. The molecule has 0 heterocycles. The van der Waals surface area contributed by atoms with E-state index in [0.29, 0.717) is 18.7 Å². The third kappa shape index (κ3) is 4.54. The minimum atomic E-state index is -0.262. The van der Waals surface area contributed by atoms with Crippen molar-refractivity contribution in [2.75, 3.05) is 13.2 Å². The average molecular weight is 356 g/mol. The van der Waals surface area contributed by atoms with Crippen LogP contribution in [0, 0.1) is 9.39 Å². The van der Waals surface area contributed by atoms with Crippen molar-refractivity contribution in [1.82, 2.24) is 10.6 Å². The van der Waals surface area contributed by atoms with E-state index in [-0.39, 0.29) is 17.9 Å². The lowest BCUT2D eigenvalue weighted by Crippen LogP contribution is -2.39. The van der Waals surface area contributed by atoms with Gasteiger partial charge in [-0.15, -0.1) is 12.6 Å². The molecule has 3 N–H and O–H groups in total. The molecule has 0 aliphatic rings. The van der Waals surface area contributed by atoms with E-state index in [4.69, 9.17) is 5.11 Å². The topological polar surface area (TPSA) is 44.3 Å². The SMILES string of the molecule is OCCN[C@@H](S)NCc1c(F)cccc1I. The number of aliphatic hydroxyl groups is 1. The van der Waals surface area contributed by atoms with Crippen molar-refractivity contribution in [3.05, 3.63) is 33.1 Å². The van der Waals surface area contributed by atoms with Gasteiger partial charge in [-0.1, -0.05) is 6.07 Å². The Labute approximate surface area is 113 Å². The summed E-state index contributed by atoms with van der Waals surface area (Å²) in [4.78, 5) is 0. The number of thiol groups is 1. The maximum atomic E-state index is 13.4. The molecule has 3 nitrogen and oxygen atoms in total. The number of benzene rings is 1. The lowest BCUT2D eigenvalue weighted by atomic mass is 10.2. The summed E-state index contributed by atoms with van der Waals surface area (Å²) in [6.07, 6.45) is 0. The van der Waals surface area contributed by atoms with Crippen molar-refractivity contribution >= 4 is 35.2 Å². The molecule has 0 radical (unpaired) electrons. The molecule has 1 aromatic rings. The summed E-state index contributed by atoms with van der Waals surface area (Å²) in [5.41, 5.74) is 0.371. The molecule has 0 aliphatic heterocycles. The van der Waals surface area contributed by atoms with Gasteiger partial charge in [0.25, 0.3) is 0 Å². The second-order valence-electron chi connectivity index (χ2n) is 3.16. The fourth-order valence-corrected chi connectivity index (χ4v) is 2.05. The Balaban J connectivity index is 2.48. The summed E-state index contributed by atoms with van der Waals surface area (Å²) in [6.45, 7) is 0.906. The van der Waals surface area contributed by atoms with Crippen LogP contribution in [0.5, 0.6) is 0 Å². The molecular formula is C10H14FIN2OS. The van der Waals surface area contributed by atoms with Gasteiger partial charge in [-0.3, -0.25) is 10.6 Å². The molecule has 0 saturated carbocycles. The third-order valence-electron chi connectivity index (χ3n) is 1.98. The van der Waals surface area contributed by atoms with Crippen molar-refractivity contribution in [3.8, 4) is 0 Å². The smallest absolute Gasteiger partial charge is 0.128 e. The van der Waals surface area contributed by atoms with Gasteiger partial charge >= 0.3 is 0 Å². The van der Waals surface area contributed by atoms with Crippen LogP contribution in [0.4, 0.5) is 4.39 Å². The maximum Gasteiger partial charge on any atom is 0.128 e. The van der Waals surface area contributed by atoms with Crippen LogP contribution in [0.3, 0.4) is 0 Å². The summed E-state index contributed by atoms with van der Waals surface area (Å²) < 4.78 is 14.3. The van der Waals surface area contributed by atoms with Crippen LogP contribution < -0.4 is 10.6 Å². The number of hydrogen-bond acceptors (Lipinski definition) is 4. The van der Waals surface area contributed by atoms with E-state index in [1.165, 1.54) is 6.07 Å². The van der Waals surface area contributed by atoms with Crippen molar-refractivity contribution in [1.29, 1.82) is 0 Å².